The standard InChI is InChI=1S/C28H22N2.U/c1-28(2)23-12-6-8-14-25(23)30(26-15-9-7-13-24(26)28)22-18-16-21(17-19-22)27(29)20-10-4-3-5-11-20;/h3-10,12-16,18-19,29H,1-2H3;/q-2;+2. The summed E-state index contributed by atoms with van der Waals surface area (Å²) in [6.45, 7) is 4.57. The Balaban J connectivity index is 0.00000231. The maximum Gasteiger partial charge on any atom is 2.00 e. The van der Waals surface area contributed by atoms with Crippen LogP contribution >= 0.6 is 0 Å². The molecule has 31 heavy (non-hydrogen) atoms. The molecule has 1 heterocycles. The first-order valence-corrected chi connectivity index (χ1v) is 10.1. The van der Waals surface area contributed by atoms with Crippen LogP contribution in [0.2, 0.25) is 0 Å². The fourth-order valence-electron chi connectivity index (χ4n) is 4.35. The Morgan fingerprint density at radius 3 is 1.87 bits per heavy atom. The minimum Gasteiger partial charge on any atom is -0.351 e. The molecule has 0 unspecified atom stereocenters. The van der Waals surface area contributed by atoms with Crippen molar-refractivity contribution in [2.45, 2.75) is 19.3 Å². The number of anilines is 3. The van der Waals surface area contributed by atoms with Crippen molar-refractivity contribution in [3.63, 3.8) is 0 Å². The van der Waals surface area contributed by atoms with Crippen molar-refractivity contribution < 1.29 is 31.1 Å². The van der Waals surface area contributed by atoms with Crippen LogP contribution in [0.25, 0.3) is 0 Å². The predicted molar refractivity (Wildman–Crippen MR) is 123 cm³/mol. The Labute approximate surface area is 207 Å². The number of rotatable bonds is 3. The molecular weight excluding hydrogens is 602 g/mol. The second kappa shape index (κ2) is 8.50. The van der Waals surface area contributed by atoms with Crippen LogP contribution in [0.4, 0.5) is 17.1 Å². The van der Waals surface area contributed by atoms with E-state index in [0.717, 1.165) is 16.8 Å². The number of hydrogen-bond donors (Lipinski definition) is 1. The minimum absolute atomic E-state index is 0. The number of para-hydroxylation sites is 2. The summed E-state index contributed by atoms with van der Waals surface area (Å²) < 4.78 is 0. The molecule has 4 aromatic carbocycles. The van der Waals surface area contributed by atoms with Gasteiger partial charge in [0.25, 0.3) is 0 Å². The van der Waals surface area contributed by atoms with Crippen LogP contribution in [0, 0.1) is 48.7 Å². The van der Waals surface area contributed by atoms with Gasteiger partial charge >= 0.3 is 31.1 Å². The zero-order valence-electron chi connectivity index (χ0n) is 17.6. The number of nitrogens with zero attached hydrogens (tertiary/aromatic N) is 1. The minimum atomic E-state index is -0.0708. The third kappa shape index (κ3) is 3.67. The molecule has 0 fully saturated rings. The third-order valence-corrected chi connectivity index (χ3v) is 5.94. The molecule has 0 bridgehead atoms. The molecule has 3 heteroatoms. The molecule has 0 atom stereocenters. The third-order valence-electron chi connectivity index (χ3n) is 5.94. The fraction of sp³-hybridized carbons (Fsp3) is 0.107. The first kappa shape index (κ1) is 21.6. The van der Waals surface area contributed by atoms with E-state index in [2.05, 4.69) is 85.5 Å². The first-order valence-electron chi connectivity index (χ1n) is 10.1. The summed E-state index contributed by atoms with van der Waals surface area (Å²) in [7, 11) is 0. The van der Waals surface area contributed by atoms with Gasteiger partial charge in [0.05, 0.1) is 0 Å². The first-order chi connectivity index (χ1) is 14.6. The summed E-state index contributed by atoms with van der Waals surface area (Å²) in [5, 5.41) is 8.50. The number of hydrogen-bond acceptors (Lipinski definition) is 2. The maximum atomic E-state index is 8.50. The van der Waals surface area contributed by atoms with Gasteiger partial charge in [-0.2, -0.15) is 0 Å². The second-order valence-corrected chi connectivity index (χ2v) is 8.11. The Bertz CT molecular complexity index is 1180. The van der Waals surface area contributed by atoms with Crippen molar-refractivity contribution in [2.24, 2.45) is 0 Å². The molecule has 5 rings (SSSR count). The van der Waals surface area contributed by atoms with E-state index in [-0.39, 0.29) is 36.5 Å². The predicted octanol–water partition coefficient (Wildman–Crippen LogP) is 6.81. The van der Waals surface area contributed by atoms with Gasteiger partial charge in [-0.15, -0.1) is 65.7 Å². The van der Waals surface area contributed by atoms with Crippen molar-refractivity contribution in [2.75, 3.05) is 4.90 Å². The van der Waals surface area contributed by atoms with Gasteiger partial charge in [0.2, 0.25) is 0 Å². The quantitative estimate of drug-likeness (QED) is 0.197. The van der Waals surface area contributed by atoms with E-state index in [0.29, 0.717) is 5.71 Å². The fourth-order valence-corrected chi connectivity index (χ4v) is 4.35. The number of nitrogens with one attached hydrogen (secondary N) is 1. The van der Waals surface area contributed by atoms with Crippen molar-refractivity contribution in [3.05, 3.63) is 125 Å². The molecule has 0 aliphatic carbocycles. The van der Waals surface area contributed by atoms with E-state index in [1.54, 1.807) is 0 Å². The van der Waals surface area contributed by atoms with Gasteiger partial charge in [-0.05, 0) is 34.7 Å². The summed E-state index contributed by atoms with van der Waals surface area (Å²) in [5.74, 6) is 0. The molecule has 1 aliphatic heterocycles. The van der Waals surface area contributed by atoms with Gasteiger partial charge in [0.1, 0.15) is 0 Å². The summed E-state index contributed by atoms with van der Waals surface area (Å²) in [5.41, 5.74) is 7.93. The molecule has 0 spiro atoms. The largest absolute Gasteiger partial charge is 2.00 e. The zero-order valence-corrected chi connectivity index (χ0v) is 21.8. The van der Waals surface area contributed by atoms with E-state index in [9.17, 15) is 0 Å². The average Bonchev–Trinajstić information content (AvgIpc) is 2.80. The smallest absolute Gasteiger partial charge is 0.351 e. The molecule has 1 N–H and O–H groups in total. The molecule has 4 aromatic rings. The van der Waals surface area contributed by atoms with Gasteiger partial charge < -0.3 is 10.3 Å². The van der Waals surface area contributed by atoms with E-state index < -0.39 is 0 Å². The van der Waals surface area contributed by atoms with Gasteiger partial charge in [-0.3, -0.25) is 0 Å². The van der Waals surface area contributed by atoms with Gasteiger partial charge in [0, 0.05) is 16.8 Å². The van der Waals surface area contributed by atoms with Crippen LogP contribution in [0.3, 0.4) is 0 Å². The van der Waals surface area contributed by atoms with Crippen LogP contribution in [0.5, 0.6) is 0 Å². The van der Waals surface area contributed by atoms with Crippen LogP contribution in [0.15, 0.2) is 91.0 Å². The maximum absolute atomic E-state index is 8.50. The Hall–Kier alpha value is -2.60. The Kier molecular flexibility index (Phi) is 5.93. The van der Waals surface area contributed by atoms with Crippen LogP contribution in [-0.4, -0.2) is 5.71 Å². The van der Waals surface area contributed by atoms with Gasteiger partial charge in [-0.25, -0.2) is 0 Å². The van der Waals surface area contributed by atoms with E-state index in [1.807, 2.05) is 36.4 Å². The number of fused-ring (bicyclic) bond motifs is 2. The van der Waals surface area contributed by atoms with Crippen LogP contribution in [0.1, 0.15) is 36.1 Å². The second-order valence-electron chi connectivity index (χ2n) is 8.11. The molecule has 0 radical (unpaired) electrons. The number of benzene rings is 4. The SMILES string of the molecule is CC1(C)c2ccccc2N(c2c[c-]c(C(=N)c3[c-]cccc3)cc2)c2ccccc21.[U+2]. The van der Waals surface area contributed by atoms with Crippen molar-refractivity contribution in [1.82, 2.24) is 0 Å². The molecule has 0 saturated carbocycles. The normalized spacial score (nSPS) is 13.5. The van der Waals surface area contributed by atoms with E-state index in [1.165, 1.54) is 22.5 Å². The topological polar surface area (TPSA) is 27.1 Å². The van der Waals surface area contributed by atoms with E-state index in [4.69, 9.17) is 5.41 Å². The summed E-state index contributed by atoms with van der Waals surface area (Å²) >= 11 is 0. The van der Waals surface area contributed by atoms with Crippen molar-refractivity contribution >= 4 is 22.8 Å². The Morgan fingerprint density at radius 1 is 0.742 bits per heavy atom. The molecule has 0 aromatic heterocycles. The van der Waals surface area contributed by atoms with Crippen LogP contribution in [-0.2, 0) is 5.41 Å². The molecular formula is C28H22N2U. The van der Waals surface area contributed by atoms with Crippen molar-refractivity contribution in [1.29, 1.82) is 5.41 Å². The summed E-state index contributed by atoms with van der Waals surface area (Å²) in [6.07, 6.45) is 0. The molecule has 0 saturated heterocycles. The monoisotopic (exact) mass is 624 g/mol. The van der Waals surface area contributed by atoms with E-state index >= 15 is 0 Å². The zero-order chi connectivity index (χ0) is 20.7. The van der Waals surface area contributed by atoms with Gasteiger partial charge in [-0.1, -0.05) is 50.2 Å². The summed E-state index contributed by atoms with van der Waals surface area (Å²) in [6, 6.07) is 37.3. The van der Waals surface area contributed by atoms with Gasteiger partial charge in [0.15, 0.2) is 0 Å². The average molecular weight is 625 g/mol. The van der Waals surface area contributed by atoms with Crippen molar-refractivity contribution in [3.8, 4) is 0 Å². The molecule has 1 aliphatic rings. The molecule has 0 amide bonds. The summed E-state index contributed by atoms with van der Waals surface area (Å²) in [4.78, 5) is 2.30. The van der Waals surface area contributed by atoms with Crippen LogP contribution < -0.4 is 4.90 Å². The molecule has 2 nitrogen and oxygen atoms in total. The Morgan fingerprint density at radius 2 is 1.32 bits per heavy atom. The molecule has 148 valence electrons.